The van der Waals surface area contributed by atoms with Crippen LogP contribution in [0, 0.1) is 0 Å². The molecule has 1 N–H and O–H groups in total. The predicted octanol–water partition coefficient (Wildman–Crippen LogP) is 2.87. The van der Waals surface area contributed by atoms with Crippen LogP contribution in [0.15, 0.2) is 24.3 Å². The van der Waals surface area contributed by atoms with E-state index in [0.717, 1.165) is 43.3 Å². The van der Waals surface area contributed by atoms with Crippen molar-refractivity contribution >= 4 is 11.6 Å². The highest BCUT2D eigenvalue weighted by atomic mass is 35.5. The molecule has 0 amide bonds. The minimum Gasteiger partial charge on any atom is -0.382 e. The summed E-state index contributed by atoms with van der Waals surface area (Å²) in [6.07, 6.45) is 1.04. The normalized spacial score (nSPS) is 10.8. The molecule has 0 atom stereocenters. The highest BCUT2D eigenvalue weighted by molar-refractivity contribution is 6.30. The van der Waals surface area contributed by atoms with Crippen LogP contribution in [0.4, 0.5) is 0 Å². The lowest BCUT2D eigenvalue weighted by atomic mass is 10.2. The highest BCUT2D eigenvalue weighted by Gasteiger charge is 1.94. The van der Waals surface area contributed by atoms with Gasteiger partial charge < -0.3 is 14.8 Å². The van der Waals surface area contributed by atoms with E-state index in [1.807, 2.05) is 31.2 Å². The Kier molecular flexibility index (Phi) is 8.86. The van der Waals surface area contributed by atoms with Gasteiger partial charge in [-0.15, -0.1) is 0 Å². The lowest BCUT2D eigenvalue weighted by molar-refractivity contribution is 0.120. The molecule has 0 unspecified atom stereocenters. The molecule has 0 spiro atoms. The van der Waals surface area contributed by atoms with Gasteiger partial charge in [0.1, 0.15) is 0 Å². The molecule has 0 aliphatic heterocycles. The van der Waals surface area contributed by atoms with Crippen LogP contribution in [0.3, 0.4) is 0 Å². The molecule has 3 nitrogen and oxygen atoms in total. The van der Waals surface area contributed by atoms with Gasteiger partial charge in [0.05, 0.1) is 13.2 Å². The maximum Gasteiger partial charge on any atom is 0.0718 e. The zero-order valence-electron chi connectivity index (χ0n) is 11.0. The first-order valence-electron chi connectivity index (χ1n) is 6.43. The maximum absolute atomic E-state index is 5.89. The molecule has 0 radical (unpaired) electrons. The molecule has 0 aliphatic rings. The zero-order chi connectivity index (χ0) is 13.1. The second kappa shape index (κ2) is 10.3. The number of hydrogen-bond acceptors (Lipinski definition) is 3. The first-order valence-corrected chi connectivity index (χ1v) is 6.81. The summed E-state index contributed by atoms with van der Waals surface area (Å²) in [7, 11) is 0. The van der Waals surface area contributed by atoms with Crippen molar-refractivity contribution in [1.82, 2.24) is 5.32 Å². The minimum atomic E-state index is 0.612. The lowest BCUT2D eigenvalue weighted by Crippen LogP contribution is -2.21. The summed E-state index contributed by atoms with van der Waals surface area (Å²) in [5.41, 5.74) is 1.11. The van der Waals surface area contributed by atoms with E-state index >= 15 is 0 Å². The van der Waals surface area contributed by atoms with Crippen molar-refractivity contribution in [1.29, 1.82) is 0 Å². The van der Waals surface area contributed by atoms with Crippen molar-refractivity contribution in [2.24, 2.45) is 0 Å². The Morgan fingerprint density at radius 3 is 2.83 bits per heavy atom. The van der Waals surface area contributed by atoms with Crippen LogP contribution in [-0.4, -0.2) is 32.9 Å². The van der Waals surface area contributed by atoms with Gasteiger partial charge in [-0.25, -0.2) is 0 Å². The third-order valence-electron chi connectivity index (χ3n) is 2.43. The standard InChI is InChI=1S/C14H22ClNO2/c1-2-17-9-4-7-16-8-10-18-12-13-5-3-6-14(15)11-13/h3,5-6,11,16H,2,4,7-10,12H2,1H3. The largest absolute Gasteiger partial charge is 0.382 e. The molecule has 18 heavy (non-hydrogen) atoms. The molecule has 102 valence electrons. The molecule has 0 bridgehead atoms. The van der Waals surface area contributed by atoms with Gasteiger partial charge in [-0.2, -0.15) is 0 Å². The zero-order valence-corrected chi connectivity index (χ0v) is 11.7. The number of benzene rings is 1. The highest BCUT2D eigenvalue weighted by Crippen LogP contribution is 2.11. The molecule has 0 heterocycles. The monoisotopic (exact) mass is 271 g/mol. The average Bonchev–Trinajstić information content (AvgIpc) is 2.37. The molecule has 1 aromatic rings. The van der Waals surface area contributed by atoms with Crippen LogP contribution < -0.4 is 5.32 Å². The summed E-state index contributed by atoms with van der Waals surface area (Å²) < 4.78 is 10.8. The van der Waals surface area contributed by atoms with E-state index in [2.05, 4.69) is 5.32 Å². The van der Waals surface area contributed by atoms with Crippen molar-refractivity contribution in [2.75, 3.05) is 32.9 Å². The Morgan fingerprint density at radius 2 is 2.06 bits per heavy atom. The number of halogens is 1. The van der Waals surface area contributed by atoms with Gasteiger partial charge in [0.25, 0.3) is 0 Å². The SMILES string of the molecule is CCOCCCNCCOCc1cccc(Cl)c1. The maximum atomic E-state index is 5.89. The Bertz CT molecular complexity index is 320. The molecule has 0 fully saturated rings. The van der Waals surface area contributed by atoms with Crippen molar-refractivity contribution in [3.8, 4) is 0 Å². The molecule has 0 aliphatic carbocycles. The molecule has 1 rings (SSSR count). The van der Waals surface area contributed by atoms with Gasteiger partial charge in [-0.05, 0) is 37.6 Å². The summed E-state index contributed by atoms with van der Waals surface area (Å²) in [6.45, 7) is 6.79. The first kappa shape index (κ1) is 15.4. The Labute approximate surface area is 114 Å². The van der Waals surface area contributed by atoms with Crippen molar-refractivity contribution in [3.63, 3.8) is 0 Å². The van der Waals surface area contributed by atoms with E-state index in [1.54, 1.807) is 0 Å². The topological polar surface area (TPSA) is 30.5 Å². The van der Waals surface area contributed by atoms with E-state index in [4.69, 9.17) is 21.1 Å². The molecule has 0 saturated heterocycles. The van der Waals surface area contributed by atoms with Crippen molar-refractivity contribution < 1.29 is 9.47 Å². The van der Waals surface area contributed by atoms with Crippen LogP contribution in [0.1, 0.15) is 18.9 Å². The van der Waals surface area contributed by atoms with Crippen LogP contribution >= 0.6 is 11.6 Å². The second-order valence-corrected chi connectivity index (χ2v) is 4.42. The van der Waals surface area contributed by atoms with E-state index in [0.29, 0.717) is 13.2 Å². The minimum absolute atomic E-state index is 0.612. The van der Waals surface area contributed by atoms with E-state index in [-0.39, 0.29) is 0 Å². The van der Waals surface area contributed by atoms with Gasteiger partial charge >= 0.3 is 0 Å². The fourth-order valence-electron chi connectivity index (χ4n) is 1.53. The number of ether oxygens (including phenoxy) is 2. The summed E-state index contributed by atoms with van der Waals surface area (Å²) in [6, 6.07) is 7.75. The Balaban J connectivity index is 1.92. The molecule has 4 heteroatoms. The average molecular weight is 272 g/mol. The fraction of sp³-hybridized carbons (Fsp3) is 0.571. The number of rotatable bonds is 10. The fourth-order valence-corrected chi connectivity index (χ4v) is 1.74. The van der Waals surface area contributed by atoms with E-state index in [9.17, 15) is 0 Å². The number of hydrogen-bond donors (Lipinski definition) is 1. The second-order valence-electron chi connectivity index (χ2n) is 3.98. The van der Waals surface area contributed by atoms with E-state index < -0.39 is 0 Å². The summed E-state index contributed by atoms with van der Waals surface area (Å²) in [4.78, 5) is 0. The molecular formula is C14H22ClNO2. The Hall–Kier alpha value is -0.610. The molecule has 0 saturated carbocycles. The third-order valence-corrected chi connectivity index (χ3v) is 2.66. The summed E-state index contributed by atoms with van der Waals surface area (Å²) in [5, 5.41) is 4.07. The quantitative estimate of drug-likeness (QED) is 0.664. The van der Waals surface area contributed by atoms with Crippen molar-refractivity contribution in [3.05, 3.63) is 34.9 Å². The van der Waals surface area contributed by atoms with Gasteiger partial charge in [0.2, 0.25) is 0 Å². The Morgan fingerprint density at radius 1 is 1.17 bits per heavy atom. The van der Waals surface area contributed by atoms with Crippen LogP contribution in [-0.2, 0) is 16.1 Å². The number of nitrogens with one attached hydrogen (secondary N) is 1. The van der Waals surface area contributed by atoms with Crippen LogP contribution in [0.2, 0.25) is 5.02 Å². The molecule has 1 aromatic carbocycles. The van der Waals surface area contributed by atoms with Gasteiger partial charge in [-0.3, -0.25) is 0 Å². The molecule has 0 aromatic heterocycles. The predicted molar refractivity (Wildman–Crippen MR) is 75.1 cm³/mol. The summed E-state index contributed by atoms with van der Waals surface area (Å²) in [5.74, 6) is 0. The lowest BCUT2D eigenvalue weighted by Gasteiger charge is -2.06. The summed E-state index contributed by atoms with van der Waals surface area (Å²) >= 11 is 5.89. The van der Waals surface area contributed by atoms with Crippen molar-refractivity contribution in [2.45, 2.75) is 20.0 Å². The van der Waals surface area contributed by atoms with E-state index in [1.165, 1.54) is 0 Å². The van der Waals surface area contributed by atoms with Crippen LogP contribution in [0.5, 0.6) is 0 Å². The third kappa shape index (κ3) is 7.67. The van der Waals surface area contributed by atoms with Gasteiger partial charge in [0, 0.05) is 24.8 Å². The van der Waals surface area contributed by atoms with Gasteiger partial charge in [0.15, 0.2) is 0 Å². The first-order chi connectivity index (χ1) is 8.83. The molecular weight excluding hydrogens is 250 g/mol. The smallest absolute Gasteiger partial charge is 0.0718 e. The van der Waals surface area contributed by atoms with Gasteiger partial charge in [-0.1, -0.05) is 23.7 Å². The van der Waals surface area contributed by atoms with Crippen LogP contribution in [0.25, 0.3) is 0 Å².